The average molecular weight is 276 g/mol. The molecule has 2 heterocycles. The summed E-state index contributed by atoms with van der Waals surface area (Å²) in [5.74, 6) is 0.567. The van der Waals surface area contributed by atoms with Crippen LogP contribution in [0.5, 0.6) is 0 Å². The normalized spacial score (nSPS) is 11.1. The number of nitrogens with one attached hydrogen (secondary N) is 1. The molecule has 4 nitrogen and oxygen atoms in total. The minimum Gasteiger partial charge on any atom is -0.462 e. The van der Waals surface area contributed by atoms with Gasteiger partial charge in [0, 0.05) is 11.4 Å². The molecule has 0 bridgehead atoms. The minimum atomic E-state index is -0.129. The van der Waals surface area contributed by atoms with Crippen LogP contribution in [-0.2, 0) is 0 Å². The fourth-order valence-corrected chi connectivity index (χ4v) is 2.51. The Kier molecular flexibility index (Phi) is 4.52. The van der Waals surface area contributed by atoms with Crippen LogP contribution in [0.25, 0.3) is 10.8 Å². The molecule has 100 valence electrons. The van der Waals surface area contributed by atoms with E-state index < -0.39 is 0 Å². The molecule has 0 unspecified atom stereocenters. The number of carbonyl (C=O) groups is 1. The van der Waals surface area contributed by atoms with Gasteiger partial charge in [-0.15, -0.1) is 11.3 Å². The van der Waals surface area contributed by atoms with Gasteiger partial charge in [-0.25, -0.2) is 4.98 Å². The Balaban J connectivity index is 2.06. The molecule has 0 aliphatic carbocycles. The minimum absolute atomic E-state index is 0.129. The Morgan fingerprint density at radius 3 is 3.11 bits per heavy atom. The smallest absolute Gasteiger partial charge is 0.271 e. The molecule has 1 N–H and O–H groups in total. The number of furan rings is 1. The molecule has 0 fully saturated rings. The third-order valence-corrected chi connectivity index (χ3v) is 3.56. The summed E-state index contributed by atoms with van der Waals surface area (Å²) in [6.07, 6.45) is 6.41. The van der Waals surface area contributed by atoms with Crippen molar-refractivity contribution in [3.63, 3.8) is 0 Å². The van der Waals surface area contributed by atoms with Crippen molar-refractivity contribution in [3.8, 4) is 10.8 Å². The highest BCUT2D eigenvalue weighted by atomic mass is 32.1. The maximum atomic E-state index is 12.0. The lowest BCUT2D eigenvalue weighted by Gasteiger charge is -2.00. The van der Waals surface area contributed by atoms with Gasteiger partial charge in [-0.1, -0.05) is 12.2 Å². The number of amides is 1. The Bertz CT molecular complexity index is 570. The molecule has 0 aliphatic heterocycles. The number of hydrogen-bond donors (Lipinski definition) is 1. The number of allylic oxidation sites excluding steroid dienone is 1. The van der Waals surface area contributed by atoms with Gasteiger partial charge >= 0.3 is 0 Å². The SMILES string of the molecule is C/C=C/CCNC(=O)c1nc(-c2ccco2)sc1C. The fourth-order valence-electron chi connectivity index (χ4n) is 1.63. The van der Waals surface area contributed by atoms with Crippen molar-refractivity contribution < 1.29 is 9.21 Å². The van der Waals surface area contributed by atoms with E-state index in [1.54, 1.807) is 6.26 Å². The molecule has 0 aromatic carbocycles. The van der Waals surface area contributed by atoms with Crippen LogP contribution in [-0.4, -0.2) is 17.4 Å². The van der Waals surface area contributed by atoms with Crippen LogP contribution in [0.4, 0.5) is 0 Å². The summed E-state index contributed by atoms with van der Waals surface area (Å²) in [6, 6.07) is 3.65. The molecule has 1 amide bonds. The van der Waals surface area contributed by atoms with Crippen LogP contribution in [0.3, 0.4) is 0 Å². The van der Waals surface area contributed by atoms with Crippen molar-refractivity contribution in [3.05, 3.63) is 41.1 Å². The topological polar surface area (TPSA) is 55.1 Å². The van der Waals surface area contributed by atoms with Gasteiger partial charge in [0.05, 0.1) is 6.26 Å². The molecule has 19 heavy (non-hydrogen) atoms. The highest BCUT2D eigenvalue weighted by molar-refractivity contribution is 7.15. The first-order chi connectivity index (χ1) is 9.22. The second-order valence-corrected chi connectivity index (χ2v) is 5.22. The van der Waals surface area contributed by atoms with Crippen LogP contribution in [0.15, 0.2) is 35.0 Å². The molecule has 2 aromatic heterocycles. The number of nitrogens with zero attached hydrogens (tertiary/aromatic N) is 1. The molecule has 2 aromatic rings. The van der Waals surface area contributed by atoms with Crippen LogP contribution < -0.4 is 5.32 Å². The summed E-state index contributed by atoms with van der Waals surface area (Å²) in [7, 11) is 0. The van der Waals surface area contributed by atoms with E-state index in [2.05, 4.69) is 10.3 Å². The predicted octanol–water partition coefficient (Wildman–Crippen LogP) is 3.41. The standard InChI is InChI=1S/C14H16N2O2S/c1-3-4-5-8-15-13(17)12-10(2)19-14(16-12)11-7-6-9-18-11/h3-4,6-7,9H,5,8H2,1-2H3,(H,15,17)/b4-3+. The number of thiazole rings is 1. The summed E-state index contributed by atoms with van der Waals surface area (Å²) in [5, 5.41) is 3.59. The van der Waals surface area contributed by atoms with E-state index in [1.807, 2.05) is 38.1 Å². The third kappa shape index (κ3) is 3.32. The van der Waals surface area contributed by atoms with Crippen molar-refractivity contribution >= 4 is 17.2 Å². The summed E-state index contributed by atoms with van der Waals surface area (Å²) in [6.45, 7) is 4.48. The first-order valence-corrected chi connectivity index (χ1v) is 6.94. The maximum Gasteiger partial charge on any atom is 0.271 e. The molecule has 0 saturated carbocycles. The number of aromatic nitrogens is 1. The lowest BCUT2D eigenvalue weighted by Crippen LogP contribution is -2.25. The van der Waals surface area contributed by atoms with Crippen LogP contribution in [0.2, 0.25) is 0 Å². The second-order valence-electron chi connectivity index (χ2n) is 4.01. The predicted molar refractivity (Wildman–Crippen MR) is 76.3 cm³/mol. The largest absolute Gasteiger partial charge is 0.462 e. The van der Waals surface area contributed by atoms with Crippen molar-refractivity contribution in [1.29, 1.82) is 0 Å². The van der Waals surface area contributed by atoms with Crippen molar-refractivity contribution in [2.75, 3.05) is 6.54 Å². The first-order valence-electron chi connectivity index (χ1n) is 6.13. The number of rotatable bonds is 5. The summed E-state index contributed by atoms with van der Waals surface area (Å²) >= 11 is 1.46. The highest BCUT2D eigenvalue weighted by Gasteiger charge is 2.16. The van der Waals surface area contributed by atoms with Gasteiger partial charge in [0.25, 0.3) is 5.91 Å². The average Bonchev–Trinajstić information content (AvgIpc) is 3.03. The van der Waals surface area contributed by atoms with Gasteiger partial charge < -0.3 is 9.73 Å². The number of aryl methyl sites for hydroxylation is 1. The van der Waals surface area contributed by atoms with Gasteiger partial charge in [0.1, 0.15) is 5.69 Å². The van der Waals surface area contributed by atoms with Gasteiger partial charge in [-0.2, -0.15) is 0 Å². The van der Waals surface area contributed by atoms with E-state index >= 15 is 0 Å². The lowest BCUT2D eigenvalue weighted by atomic mass is 10.3. The van der Waals surface area contributed by atoms with Crippen LogP contribution in [0, 0.1) is 6.92 Å². The van der Waals surface area contributed by atoms with Gasteiger partial charge in [-0.05, 0) is 32.4 Å². The second kappa shape index (κ2) is 6.33. The van der Waals surface area contributed by atoms with Gasteiger partial charge in [-0.3, -0.25) is 4.79 Å². The van der Waals surface area contributed by atoms with E-state index in [-0.39, 0.29) is 5.91 Å². The molecule has 0 spiro atoms. The van der Waals surface area contributed by atoms with Crippen molar-refractivity contribution in [2.45, 2.75) is 20.3 Å². The number of hydrogen-bond acceptors (Lipinski definition) is 4. The molecule has 0 atom stereocenters. The molecule has 0 radical (unpaired) electrons. The lowest BCUT2D eigenvalue weighted by molar-refractivity contribution is 0.0949. The quantitative estimate of drug-likeness (QED) is 0.672. The summed E-state index contributed by atoms with van der Waals surface area (Å²) in [4.78, 5) is 17.2. The molecule has 5 heteroatoms. The molecule has 0 aliphatic rings. The van der Waals surface area contributed by atoms with Crippen LogP contribution >= 0.6 is 11.3 Å². The van der Waals surface area contributed by atoms with Crippen molar-refractivity contribution in [1.82, 2.24) is 10.3 Å². The van der Waals surface area contributed by atoms with Gasteiger partial charge in [0.15, 0.2) is 10.8 Å². The van der Waals surface area contributed by atoms with Crippen LogP contribution in [0.1, 0.15) is 28.7 Å². The number of carbonyl (C=O) groups excluding carboxylic acids is 1. The van der Waals surface area contributed by atoms with E-state index in [1.165, 1.54) is 11.3 Å². The van der Waals surface area contributed by atoms with E-state index in [0.717, 1.165) is 16.3 Å². The Hall–Kier alpha value is -1.88. The summed E-state index contributed by atoms with van der Waals surface area (Å²) in [5.41, 5.74) is 0.483. The molecular weight excluding hydrogens is 260 g/mol. The van der Waals surface area contributed by atoms with E-state index in [0.29, 0.717) is 18.0 Å². The van der Waals surface area contributed by atoms with Gasteiger partial charge in [0.2, 0.25) is 0 Å². The van der Waals surface area contributed by atoms with E-state index in [4.69, 9.17) is 4.42 Å². The first kappa shape index (κ1) is 13.5. The molecule has 0 saturated heterocycles. The van der Waals surface area contributed by atoms with E-state index in [9.17, 15) is 4.79 Å². The zero-order chi connectivity index (χ0) is 13.7. The fraction of sp³-hybridized carbons (Fsp3) is 0.286. The molecule has 2 rings (SSSR count). The Morgan fingerprint density at radius 2 is 2.42 bits per heavy atom. The summed E-state index contributed by atoms with van der Waals surface area (Å²) < 4.78 is 5.29. The highest BCUT2D eigenvalue weighted by Crippen LogP contribution is 2.27. The third-order valence-electron chi connectivity index (χ3n) is 2.58. The molecular formula is C14H16N2O2S. The zero-order valence-electron chi connectivity index (χ0n) is 11.0. The zero-order valence-corrected chi connectivity index (χ0v) is 11.8. The monoisotopic (exact) mass is 276 g/mol. The van der Waals surface area contributed by atoms with Crippen molar-refractivity contribution in [2.24, 2.45) is 0 Å². The Morgan fingerprint density at radius 1 is 1.58 bits per heavy atom. The Labute approximate surface area is 116 Å². The maximum absolute atomic E-state index is 12.0.